The second-order valence-corrected chi connectivity index (χ2v) is 8.21. The number of H-pyrrole nitrogens is 2. The fourth-order valence-corrected chi connectivity index (χ4v) is 6.08. The number of aromatic nitrogens is 6. The lowest BCUT2D eigenvalue weighted by Crippen LogP contribution is -2.64. The SMILES string of the molecule is C[CH]C(c1n[nH]c(C)n1)(c1n[nH]c(C)n1)[Si](OCC)(OCC)OCC. The van der Waals surface area contributed by atoms with Gasteiger partial charge in [0.15, 0.2) is 16.7 Å². The van der Waals surface area contributed by atoms with Crippen LogP contribution in [0.3, 0.4) is 0 Å². The molecule has 25 heavy (non-hydrogen) atoms. The molecule has 2 aromatic rings. The monoisotopic (exact) mass is 367 g/mol. The van der Waals surface area contributed by atoms with Crippen LogP contribution in [0.15, 0.2) is 0 Å². The van der Waals surface area contributed by atoms with Gasteiger partial charge in [0.05, 0.1) is 0 Å². The molecule has 0 atom stereocenters. The summed E-state index contributed by atoms with van der Waals surface area (Å²) in [5, 5.41) is 13.5. The van der Waals surface area contributed by atoms with Crippen LogP contribution in [0.1, 0.15) is 51.0 Å². The first-order valence-corrected chi connectivity index (χ1v) is 10.2. The van der Waals surface area contributed by atoms with Crippen LogP contribution < -0.4 is 0 Å². The molecule has 9 nitrogen and oxygen atoms in total. The molecular weight excluding hydrogens is 340 g/mol. The van der Waals surface area contributed by atoms with Crippen molar-refractivity contribution in [3.05, 3.63) is 29.7 Å². The van der Waals surface area contributed by atoms with Gasteiger partial charge in [-0.05, 0) is 41.0 Å². The van der Waals surface area contributed by atoms with Crippen molar-refractivity contribution in [2.24, 2.45) is 0 Å². The Bertz CT molecular complexity index is 617. The van der Waals surface area contributed by atoms with Crippen molar-refractivity contribution in [2.45, 2.75) is 46.6 Å². The van der Waals surface area contributed by atoms with Crippen LogP contribution in [0.4, 0.5) is 0 Å². The molecule has 0 saturated carbocycles. The molecule has 2 aromatic heterocycles. The number of aryl methyl sites for hydroxylation is 2. The van der Waals surface area contributed by atoms with E-state index in [2.05, 4.69) is 30.4 Å². The zero-order valence-electron chi connectivity index (χ0n) is 15.7. The van der Waals surface area contributed by atoms with Gasteiger partial charge in [0.2, 0.25) is 0 Å². The number of hydrogen-bond donors (Lipinski definition) is 2. The second kappa shape index (κ2) is 8.17. The Morgan fingerprint density at radius 3 is 1.52 bits per heavy atom. The van der Waals surface area contributed by atoms with Crippen molar-refractivity contribution in [3.8, 4) is 0 Å². The number of hydrogen-bond acceptors (Lipinski definition) is 7. The average molecular weight is 368 g/mol. The summed E-state index contributed by atoms with van der Waals surface area (Å²) < 4.78 is 18.5. The van der Waals surface area contributed by atoms with Gasteiger partial charge in [-0.3, -0.25) is 10.2 Å². The molecule has 0 aliphatic carbocycles. The molecule has 139 valence electrons. The summed E-state index contributed by atoms with van der Waals surface area (Å²) in [6.45, 7) is 12.6. The first kappa shape index (κ1) is 19.7. The quantitative estimate of drug-likeness (QED) is 0.614. The molecule has 0 amide bonds. The highest BCUT2D eigenvalue weighted by Crippen LogP contribution is 2.41. The third-order valence-electron chi connectivity index (χ3n) is 3.82. The highest BCUT2D eigenvalue weighted by atomic mass is 28.4. The van der Waals surface area contributed by atoms with Gasteiger partial charge in [-0.25, -0.2) is 9.97 Å². The van der Waals surface area contributed by atoms with Crippen molar-refractivity contribution in [3.63, 3.8) is 0 Å². The summed E-state index contributed by atoms with van der Waals surface area (Å²) in [5.74, 6) is 2.32. The fraction of sp³-hybridized carbons (Fsp3) is 0.667. The summed E-state index contributed by atoms with van der Waals surface area (Å²) in [6.07, 6.45) is 1.92. The van der Waals surface area contributed by atoms with Crippen molar-refractivity contribution in [1.82, 2.24) is 30.4 Å². The third-order valence-corrected chi connectivity index (χ3v) is 7.53. The fourth-order valence-electron chi connectivity index (χ4n) is 2.88. The lowest BCUT2D eigenvalue weighted by molar-refractivity contribution is 0.0522. The van der Waals surface area contributed by atoms with Gasteiger partial charge in [0, 0.05) is 19.8 Å². The first-order valence-electron chi connectivity index (χ1n) is 8.50. The number of nitrogens with one attached hydrogen (secondary N) is 2. The van der Waals surface area contributed by atoms with Crippen LogP contribution in [0.25, 0.3) is 0 Å². The van der Waals surface area contributed by atoms with Crippen molar-refractivity contribution in [2.75, 3.05) is 19.8 Å². The summed E-state index contributed by atoms with van der Waals surface area (Å²) in [6, 6.07) is 0. The Morgan fingerprint density at radius 1 is 0.880 bits per heavy atom. The van der Waals surface area contributed by atoms with Gasteiger partial charge >= 0.3 is 8.80 Å². The standard InChI is InChI=1S/C15H27N6O3Si/c1-7-15(13-16-11(5)18-20-13,14-17-12(6)19-21-14)25(22-8-2,23-9-3)24-10-4/h7H,8-10H2,1-6H3,(H,16,18,20)(H,17,19,21). The highest BCUT2D eigenvalue weighted by molar-refractivity contribution is 6.65. The number of nitrogens with zero attached hydrogens (tertiary/aromatic N) is 4. The van der Waals surface area contributed by atoms with Gasteiger partial charge < -0.3 is 13.3 Å². The maximum Gasteiger partial charge on any atom is 0.523 e. The van der Waals surface area contributed by atoms with Gasteiger partial charge in [-0.2, -0.15) is 10.2 Å². The van der Waals surface area contributed by atoms with Crippen molar-refractivity contribution < 1.29 is 13.3 Å². The molecule has 0 spiro atoms. The summed E-state index contributed by atoms with van der Waals surface area (Å²) in [4.78, 5) is 9.11. The van der Waals surface area contributed by atoms with Gasteiger partial charge in [0.25, 0.3) is 0 Å². The summed E-state index contributed by atoms with van der Waals surface area (Å²) in [5.41, 5.74) is 0. The van der Waals surface area contributed by atoms with Crippen LogP contribution >= 0.6 is 0 Å². The summed E-state index contributed by atoms with van der Waals surface area (Å²) in [7, 11) is -3.38. The minimum Gasteiger partial charge on any atom is -0.373 e. The molecule has 0 fully saturated rings. The Kier molecular flexibility index (Phi) is 6.44. The van der Waals surface area contributed by atoms with E-state index in [1.165, 1.54) is 0 Å². The molecular formula is C15H27N6O3Si. The lowest BCUT2D eigenvalue weighted by Gasteiger charge is -2.41. The summed E-state index contributed by atoms with van der Waals surface area (Å²) >= 11 is 0. The van der Waals surface area contributed by atoms with Crippen LogP contribution in [0.2, 0.25) is 0 Å². The molecule has 0 aliphatic rings. The van der Waals surface area contributed by atoms with Crippen LogP contribution in [0, 0.1) is 20.3 Å². The molecule has 0 bridgehead atoms. The molecule has 2 rings (SSSR count). The molecule has 2 N–H and O–H groups in total. The molecule has 0 aromatic carbocycles. The van der Waals surface area contributed by atoms with Crippen molar-refractivity contribution >= 4 is 8.80 Å². The minimum atomic E-state index is -3.38. The number of rotatable bonds is 10. The Labute approximate surface area is 149 Å². The smallest absolute Gasteiger partial charge is 0.373 e. The van der Waals surface area contributed by atoms with E-state index in [1.807, 2.05) is 48.0 Å². The van der Waals surface area contributed by atoms with E-state index < -0.39 is 13.8 Å². The predicted molar refractivity (Wildman–Crippen MR) is 93.6 cm³/mol. The molecule has 0 aliphatic heterocycles. The third kappa shape index (κ3) is 3.39. The molecule has 2 heterocycles. The topological polar surface area (TPSA) is 111 Å². The predicted octanol–water partition coefficient (Wildman–Crippen LogP) is 1.64. The average Bonchev–Trinajstić information content (AvgIpc) is 3.19. The van der Waals surface area contributed by atoms with E-state index >= 15 is 0 Å². The zero-order chi connectivity index (χ0) is 18.5. The highest BCUT2D eigenvalue weighted by Gasteiger charge is 2.67. The van der Waals surface area contributed by atoms with E-state index in [1.54, 1.807) is 0 Å². The van der Waals surface area contributed by atoms with E-state index in [-0.39, 0.29) is 0 Å². The molecule has 10 heteroatoms. The van der Waals surface area contributed by atoms with E-state index in [9.17, 15) is 0 Å². The Hall–Kier alpha value is -1.62. The Morgan fingerprint density at radius 2 is 1.28 bits per heavy atom. The maximum absolute atomic E-state index is 6.17. The lowest BCUT2D eigenvalue weighted by atomic mass is 10.0. The van der Waals surface area contributed by atoms with Crippen molar-refractivity contribution in [1.29, 1.82) is 0 Å². The van der Waals surface area contributed by atoms with E-state index in [0.717, 1.165) is 0 Å². The second-order valence-electron chi connectivity index (χ2n) is 5.44. The normalized spacial score (nSPS) is 12.7. The van der Waals surface area contributed by atoms with Crippen LogP contribution in [0.5, 0.6) is 0 Å². The maximum atomic E-state index is 6.17. The Balaban J connectivity index is 2.78. The van der Waals surface area contributed by atoms with Gasteiger partial charge in [0.1, 0.15) is 11.6 Å². The molecule has 0 unspecified atom stereocenters. The minimum absolute atomic E-state index is 0.425. The zero-order valence-corrected chi connectivity index (χ0v) is 16.7. The molecule has 1 radical (unpaired) electrons. The largest absolute Gasteiger partial charge is 0.523 e. The van der Waals surface area contributed by atoms with Crippen LogP contribution in [-0.2, 0) is 18.3 Å². The van der Waals surface area contributed by atoms with E-state index in [4.69, 9.17) is 13.3 Å². The molecule has 0 saturated heterocycles. The number of aromatic amines is 2. The van der Waals surface area contributed by atoms with E-state index in [0.29, 0.717) is 43.1 Å². The van der Waals surface area contributed by atoms with Gasteiger partial charge in [-0.15, -0.1) is 0 Å². The van der Waals surface area contributed by atoms with Gasteiger partial charge in [-0.1, -0.05) is 6.92 Å². The first-order chi connectivity index (χ1) is 12.0. The van der Waals surface area contributed by atoms with Crippen LogP contribution in [-0.4, -0.2) is 59.0 Å².